The highest BCUT2D eigenvalue weighted by Crippen LogP contribution is 2.08. The average Bonchev–Trinajstić information content (AvgIpc) is 2.64. The summed E-state index contributed by atoms with van der Waals surface area (Å²) in [5, 5.41) is 0. The first-order chi connectivity index (χ1) is 12.3. The van der Waals surface area contributed by atoms with Crippen LogP contribution in [0.1, 0.15) is 46.0 Å². The molecule has 0 aromatic rings. The average molecular weight is 380 g/mol. The lowest BCUT2D eigenvalue weighted by Crippen LogP contribution is -2.01. The van der Waals surface area contributed by atoms with Gasteiger partial charge < -0.3 is 9.05 Å². The highest BCUT2D eigenvalue weighted by Gasteiger charge is 1.98. The molecule has 0 rings (SSSR count). The van der Waals surface area contributed by atoms with Crippen molar-refractivity contribution in [3.63, 3.8) is 0 Å². The van der Waals surface area contributed by atoms with Gasteiger partial charge in [-0.1, -0.05) is 86.3 Å². The van der Waals surface area contributed by atoms with E-state index in [-0.39, 0.29) is 12.2 Å². The van der Waals surface area contributed by atoms with Crippen molar-refractivity contribution in [2.45, 2.75) is 58.2 Å². The van der Waals surface area contributed by atoms with E-state index in [0.29, 0.717) is 0 Å². The summed E-state index contributed by atoms with van der Waals surface area (Å²) in [4.78, 5) is 0. The van der Waals surface area contributed by atoms with Crippen LogP contribution in [0.4, 0.5) is 0 Å². The molecular formula is C21H34O2P2. The molecule has 0 spiro atoms. The van der Waals surface area contributed by atoms with Crippen LogP contribution < -0.4 is 0 Å². The molecular weight excluding hydrogens is 346 g/mol. The molecule has 2 nitrogen and oxygen atoms in total. The first kappa shape index (κ1) is 24.2. The lowest BCUT2D eigenvalue weighted by atomic mass is 10.2. The van der Waals surface area contributed by atoms with Gasteiger partial charge in [-0.2, -0.15) is 0 Å². The molecule has 0 heterocycles. The summed E-state index contributed by atoms with van der Waals surface area (Å²) in [7, 11) is 4.66. The minimum Gasteiger partial charge on any atom is -0.358 e. The zero-order valence-electron chi connectivity index (χ0n) is 15.6. The molecule has 0 aromatic heterocycles. The zero-order chi connectivity index (χ0) is 18.6. The first-order valence-electron chi connectivity index (χ1n) is 8.92. The first-order valence-corrected chi connectivity index (χ1v) is 9.86. The summed E-state index contributed by atoms with van der Waals surface area (Å²) in [5.74, 6) is 0. The van der Waals surface area contributed by atoms with E-state index >= 15 is 0 Å². The van der Waals surface area contributed by atoms with Crippen molar-refractivity contribution < 1.29 is 9.05 Å². The van der Waals surface area contributed by atoms with E-state index in [1.165, 1.54) is 0 Å². The van der Waals surface area contributed by atoms with Crippen LogP contribution in [0.2, 0.25) is 0 Å². The summed E-state index contributed by atoms with van der Waals surface area (Å²) in [5.41, 5.74) is 0. The maximum absolute atomic E-state index is 5.29. The Hall–Kier alpha value is -0.780. The van der Waals surface area contributed by atoms with Crippen LogP contribution in [0.5, 0.6) is 0 Å². The minimum atomic E-state index is 0.119. The summed E-state index contributed by atoms with van der Waals surface area (Å²) in [6, 6.07) is 0. The van der Waals surface area contributed by atoms with Crippen LogP contribution >= 0.6 is 18.9 Å². The Labute approximate surface area is 159 Å². The molecule has 0 aliphatic carbocycles. The number of hydrogen-bond donors (Lipinski definition) is 0. The second kappa shape index (κ2) is 19.5. The van der Waals surface area contributed by atoms with E-state index in [1.807, 2.05) is 19.1 Å². The molecule has 0 saturated carbocycles. The summed E-state index contributed by atoms with van der Waals surface area (Å²) in [6.07, 6.45) is 30.4. The molecule has 25 heavy (non-hydrogen) atoms. The minimum absolute atomic E-state index is 0.119. The normalized spacial score (nSPS) is 15.8. The molecule has 0 amide bonds. The highest BCUT2D eigenvalue weighted by atomic mass is 31.0. The molecule has 0 bridgehead atoms. The van der Waals surface area contributed by atoms with Crippen LogP contribution in [0.25, 0.3) is 0 Å². The molecule has 4 atom stereocenters. The lowest BCUT2D eigenvalue weighted by molar-refractivity contribution is 0.279. The van der Waals surface area contributed by atoms with Gasteiger partial charge in [0.1, 0.15) is 0 Å². The van der Waals surface area contributed by atoms with Gasteiger partial charge in [0, 0.05) is 18.9 Å². The number of allylic oxidation sites excluding steroid dienone is 9. The molecule has 0 aliphatic rings. The Morgan fingerprint density at radius 1 is 0.760 bits per heavy atom. The molecule has 0 radical (unpaired) electrons. The molecule has 0 N–H and O–H groups in total. The Kier molecular flexibility index (Phi) is 18.9. The molecule has 0 saturated heterocycles. The SMILES string of the molecule is C/C=C\CC(/C=C/C=C\C/C=C\C/C=C\C=C\C(CCC)OP)OP. The van der Waals surface area contributed by atoms with Crippen molar-refractivity contribution in [2.75, 3.05) is 0 Å². The Morgan fingerprint density at radius 3 is 1.80 bits per heavy atom. The predicted octanol–water partition coefficient (Wildman–Crippen LogP) is 6.66. The quantitative estimate of drug-likeness (QED) is 0.190. The highest BCUT2D eigenvalue weighted by molar-refractivity contribution is 7.10. The van der Waals surface area contributed by atoms with Crippen LogP contribution in [0.3, 0.4) is 0 Å². The van der Waals surface area contributed by atoms with Gasteiger partial charge in [0.2, 0.25) is 0 Å². The van der Waals surface area contributed by atoms with Gasteiger partial charge in [-0.25, -0.2) is 0 Å². The second-order valence-electron chi connectivity index (χ2n) is 5.51. The van der Waals surface area contributed by atoms with E-state index in [4.69, 9.17) is 9.05 Å². The monoisotopic (exact) mass is 380 g/mol. The third kappa shape index (κ3) is 16.4. The Morgan fingerprint density at radius 2 is 1.32 bits per heavy atom. The largest absolute Gasteiger partial charge is 0.358 e. The molecule has 0 fully saturated rings. The third-order valence-electron chi connectivity index (χ3n) is 3.38. The van der Waals surface area contributed by atoms with Crippen molar-refractivity contribution in [1.29, 1.82) is 0 Å². The summed E-state index contributed by atoms with van der Waals surface area (Å²) >= 11 is 0. The van der Waals surface area contributed by atoms with Crippen molar-refractivity contribution in [3.8, 4) is 0 Å². The smallest absolute Gasteiger partial charge is 0.0828 e. The topological polar surface area (TPSA) is 18.5 Å². The fraction of sp³-hybridized carbons (Fsp3) is 0.429. The van der Waals surface area contributed by atoms with E-state index in [9.17, 15) is 0 Å². The molecule has 4 unspecified atom stereocenters. The number of hydrogen-bond acceptors (Lipinski definition) is 2. The van der Waals surface area contributed by atoms with Crippen molar-refractivity contribution >= 4 is 18.9 Å². The third-order valence-corrected chi connectivity index (χ3v) is 4.08. The summed E-state index contributed by atoms with van der Waals surface area (Å²) < 4.78 is 10.6. The van der Waals surface area contributed by atoms with E-state index in [0.717, 1.165) is 32.1 Å². The van der Waals surface area contributed by atoms with Crippen LogP contribution in [0.15, 0.2) is 72.9 Å². The van der Waals surface area contributed by atoms with Gasteiger partial charge in [-0.05, 0) is 32.6 Å². The van der Waals surface area contributed by atoms with Gasteiger partial charge >= 0.3 is 0 Å². The maximum atomic E-state index is 5.29. The predicted molar refractivity (Wildman–Crippen MR) is 118 cm³/mol. The van der Waals surface area contributed by atoms with E-state index < -0.39 is 0 Å². The van der Waals surface area contributed by atoms with Gasteiger partial charge in [0.05, 0.1) is 12.2 Å². The standard InChI is InChI=1S/C21H34O2P2/c1-3-5-17-21(23-25)19-15-13-11-9-7-6-8-10-12-14-18-20(22-24)16-4-2/h3,5-7,10-15,18-21H,4,8-9,16-17,24-25H2,1-2H3/b5-3-,7-6-,12-10-,13-11-,18-14+,19-15+. The van der Waals surface area contributed by atoms with Crippen LogP contribution in [0, 0.1) is 0 Å². The Balaban J connectivity index is 3.91. The fourth-order valence-corrected chi connectivity index (χ4v) is 2.41. The lowest BCUT2D eigenvalue weighted by Gasteiger charge is -2.07. The van der Waals surface area contributed by atoms with E-state index in [1.54, 1.807) is 0 Å². The van der Waals surface area contributed by atoms with Gasteiger partial charge in [-0.15, -0.1) is 0 Å². The van der Waals surface area contributed by atoms with E-state index in [2.05, 4.69) is 86.6 Å². The molecule has 4 heteroatoms. The van der Waals surface area contributed by atoms with Crippen molar-refractivity contribution in [3.05, 3.63) is 72.9 Å². The van der Waals surface area contributed by atoms with Crippen LogP contribution in [-0.2, 0) is 9.05 Å². The molecule has 0 aromatic carbocycles. The Bertz CT molecular complexity index is 463. The van der Waals surface area contributed by atoms with Gasteiger partial charge in [-0.3, -0.25) is 0 Å². The van der Waals surface area contributed by atoms with Crippen molar-refractivity contribution in [1.82, 2.24) is 0 Å². The second-order valence-corrected chi connectivity index (χ2v) is 6.06. The summed E-state index contributed by atoms with van der Waals surface area (Å²) in [6.45, 7) is 4.18. The van der Waals surface area contributed by atoms with Gasteiger partial charge in [0.15, 0.2) is 0 Å². The van der Waals surface area contributed by atoms with Crippen molar-refractivity contribution in [2.24, 2.45) is 0 Å². The zero-order valence-corrected chi connectivity index (χ0v) is 17.9. The fourth-order valence-electron chi connectivity index (χ4n) is 1.98. The van der Waals surface area contributed by atoms with Gasteiger partial charge in [0.25, 0.3) is 0 Å². The number of rotatable bonds is 14. The molecule has 0 aliphatic heterocycles. The molecule has 140 valence electrons. The maximum Gasteiger partial charge on any atom is 0.0828 e. The van der Waals surface area contributed by atoms with Crippen LogP contribution in [-0.4, -0.2) is 12.2 Å².